The Hall–Kier alpha value is -2.12. The summed E-state index contributed by atoms with van der Waals surface area (Å²) in [4.78, 5) is 35.8. The molecule has 3 N–H and O–H groups in total. The molecule has 0 bridgehead atoms. The number of ether oxygens (including phenoxy) is 1. The van der Waals surface area contributed by atoms with E-state index < -0.39 is 12.0 Å². The molecule has 1 aromatic carbocycles. The average Bonchev–Trinajstić information content (AvgIpc) is 2.49. The van der Waals surface area contributed by atoms with Crippen molar-refractivity contribution in [1.82, 2.24) is 5.32 Å². The van der Waals surface area contributed by atoms with E-state index in [0.717, 1.165) is 10.5 Å². The van der Waals surface area contributed by atoms with E-state index in [1.165, 1.54) is 0 Å². The molecule has 3 amide bonds. The van der Waals surface area contributed by atoms with Crippen molar-refractivity contribution in [3.05, 3.63) is 28.8 Å². The number of likely N-dealkylation sites (N-methyl/N-ethyl adjacent to an activating group) is 1. The quantitative estimate of drug-likeness (QED) is 0.673. The zero-order chi connectivity index (χ0) is 18.1. The molecule has 24 heavy (non-hydrogen) atoms. The predicted molar refractivity (Wildman–Crippen MR) is 91.2 cm³/mol. The number of hydrogen-bond donors (Lipinski definition) is 3. The number of quaternary nitrogens is 1. The lowest BCUT2D eigenvalue weighted by Crippen LogP contribution is -3.14. The van der Waals surface area contributed by atoms with Crippen molar-refractivity contribution >= 4 is 35.2 Å². The van der Waals surface area contributed by atoms with Gasteiger partial charge in [-0.1, -0.05) is 11.6 Å². The monoisotopic (exact) mass is 356 g/mol. The third-order valence-electron chi connectivity index (χ3n) is 3.30. The molecule has 0 saturated heterocycles. The molecule has 0 saturated carbocycles. The van der Waals surface area contributed by atoms with Crippen molar-refractivity contribution in [3.63, 3.8) is 0 Å². The summed E-state index contributed by atoms with van der Waals surface area (Å²) >= 11 is 5.88. The molecule has 1 rings (SSSR count). The van der Waals surface area contributed by atoms with Gasteiger partial charge >= 0.3 is 6.09 Å². The maximum absolute atomic E-state index is 12.1. The van der Waals surface area contributed by atoms with E-state index in [0.29, 0.717) is 17.3 Å². The fraction of sp³-hybridized carbons (Fsp3) is 0.438. The standard InChI is InChI=1S/C16H22ClN3O4/c1-4-20(10-15(22)19-16(23)24-5-2)9-14(21)18-13-7-6-12(17)8-11(13)3/h6-8H,4-5,9-10H2,1-3H3,(H,18,21)(H,19,22,23)/p+1. The highest BCUT2D eigenvalue weighted by atomic mass is 35.5. The first kappa shape index (κ1) is 19.9. The summed E-state index contributed by atoms with van der Waals surface area (Å²) in [5.74, 6) is -0.706. The zero-order valence-electron chi connectivity index (χ0n) is 14.1. The summed E-state index contributed by atoms with van der Waals surface area (Å²) < 4.78 is 4.64. The van der Waals surface area contributed by atoms with Gasteiger partial charge in [-0.25, -0.2) is 4.79 Å². The minimum atomic E-state index is -0.779. The summed E-state index contributed by atoms with van der Waals surface area (Å²) in [6.45, 7) is 6.20. The van der Waals surface area contributed by atoms with E-state index in [1.54, 1.807) is 25.1 Å². The van der Waals surface area contributed by atoms with Gasteiger partial charge in [-0.05, 0) is 44.5 Å². The van der Waals surface area contributed by atoms with Gasteiger partial charge in [-0.3, -0.25) is 14.9 Å². The first-order chi connectivity index (χ1) is 11.3. The normalized spacial score (nSPS) is 11.5. The van der Waals surface area contributed by atoms with Gasteiger partial charge in [0.2, 0.25) is 0 Å². The highest BCUT2D eigenvalue weighted by Gasteiger charge is 2.19. The summed E-state index contributed by atoms with van der Waals surface area (Å²) in [5, 5.41) is 5.51. The van der Waals surface area contributed by atoms with Crippen molar-refractivity contribution in [2.24, 2.45) is 0 Å². The largest absolute Gasteiger partial charge is 0.450 e. The number of hydrogen-bond acceptors (Lipinski definition) is 4. The molecule has 1 aromatic rings. The summed E-state index contributed by atoms with van der Waals surface area (Å²) in [5.41, 5.74) is 1.53. The van der Waals surface area contributed by atoms with Gasteiger partial charge in [0.05, 0.1) is 13.2 Å². The summed E-state index contributed by atoms with van der Waals surface area (Å²) in [6, 6.07) is 5.18. The molecule has 0 aliphatic rings. The van der Waals surface area contributed by atoms with Crippen molar-refractivity contribution < 1.29 is 24.0 Å². The van der Waals surface area contributed by atoms with Crippen molar-refractivity contribution in [2.45, 2.75) is 20.8 Å². The maximum atomic E-state index is 12.1. The smallest absolute Gasteiger partial charge is 0.414 e. The lowest BCUT2D eigenvalue weighted by atomic mass is 10.2. The number of aryl methyl sites for hydroxylation is 1. The first-order valence-electron chi connectivity index (χ1n) is 7.71. The maximum Gasteiger partial charge on any atom is 0.414 e. The van der Waals surface area contributed by atoms with Gasteiger partial charge in [0, 0.05) is 10.7 Å². The number of rotatable bonds is 7. The number of carbonyl (C=O) groups excluding carboxylic acids is 3. The highest BCUT2D eigenvalue weighted by Crippen LogP contribution is 2.19. The molecule has 8 heteroatoms. The Morgan fingerprint density at radius 1 is 1.17 bits per heavy atom. The minimum Gasteiger partial charge on any atom is -0.450 e. The number of carbonyl (C=O) groups is 3. The Kier molecular flexibility index (Phi) is 8.21. The van der Waals surface area contributed by atoms with Gasteiger partial charge < -0.3 is 15.0 Å². The fourth-order valence-corrected chi connectivity index (χ4v) is 2.28. The topological polar surface area (TPSA) is 88.9 Å². The predicted octanol–water partition coefficient (Wildman–Crippen LogP) is 0.764. The zero-order valence-corrected chi connectivity index (χ0v) is 14.8. The molecule has 0 spiro atoms. The van der Waals surface area contributed by atoms with E-state index >= 15 is 0 Å². The molecule has 1 atom stereocenters. The molecule has 0 aliphatic heterocycles. The van der Waals surface area contributed by atoms with Crippen molar-refractivity contribution in [2.75, 3.05) is 31.6 Å². The van der Waals surface area contributed by atoms with Gasteiger partial charge in [0.25, 0.3) is 11.8 Å². The Labute approximate surface area is 146 Å². The van der Waals surface area contributed by atoms with Gasteiger partial charge in [0.1, 0.15) is 0 Å². The molecule has 7 nitrogen and oxygen atoms in total. The van der Waals surface area contributed by atoms with E-state index in [4.69, 9.17) is 11.6 Å². The van der Waals surface area contributed by atoms with Crippen LogP contribution in [0.4, 0.5) is 10.5 Å². The number of nitrogens with one attached hydrogen (secondary N) is 3. The van der Waals surface area contributed by atoms with Crippen LogP contribution in [0.5, 0.6) is 0 Å². The first-order valence-corrected chi connectivity index (χ1v) is 8.09. The summed E-state index contributed by atoms with van der Waals surface area (Å²) in [7, 11) is 0. The van der Waals surface area contributed by atoms with Gasteiger partial charge in [-0.15, -0.1) is 0 Å². The molecule has 132 valence electrons. The van der Waals surface area contributed by atoms with Crippen molar-refractivity contribution in [1.29, 1.82) is 0 Å². The van der Waals surface area contributed by atoms with Gasteiger partial charge in [-0.2, -0.15) is 0 Å². The van der Waals surface area contributed by atoms with Crippen LogP contribution in [0.3, 0.4) is 0 Å². The minimum absolute atomic E-state index is 0.00232. The number of alkyl carbamates (subject to hydrolysis) is 1. The number of anilines is 1. The second-order valence-electron chi connectivity index (χ2n) is 5.23. The molecule has 0 aliphatic carbocycles. The summed E-state index contributed by atoms with van der Waals surface area (Å²) in [6.07, 6.45) is -0.779. The Bertz CT molecular complexity index is 607. The average molecular weight is 357 g/mol. The molecule has 0 radical (unpaired) electrons. The van der Waals surface area contributed by atoms with Crippen LogP contribution in [0, 0.1) is 6.92 Å². The van der Waals surface area contributed by atoms with Crippen LogP contribution in [0.15, 0.2) is 18.2 Å². The molecule has 0 heterocycles. The molecule has 1 unspecified atom stereocenters. The van der Waals surface area contributed by atoms with Crippen LogP contribution in [0.25, 0.3) is 0 Å². The number of imide groups is 1. The second-order valence-corrected chi connectivity index (χ2v) is 5.67. The lowest BCUT2D eigenvalue weighted by Gasteiger charge is -2.17. The lowest BCUT2D eigenvalue weighted by molar-refractivity contribution is -0.881. The third kappa shape index (κ3) is 6.97. The highest BCUT2D eigenvalue weighted by molar-refractivity contribution is 6.30. The Morgan fingerprint density at radius 3 is 2.42 bits per heavy atom. The number of amides is 3. The molecular formula is C16H23ClN3O4+. The van der Waals surface area contributed by atoms with Crippen LogP contribution in [-0.2, 0) is 14.3 Å². The SMILES string of the molecule is CCOC(=O)NC(=O)C[NH+](CC)CC(=O)Nc1ccc(Cl)cc1C. The Balaban J connectivity index is 2.53. The van der Waals surface area contributed by atoms with Crippen LogP contribution >= 0.6 is 11.6 Å². The van der Waals surface area contributed by atoms with E-state index in [2.05, 4.69) is 15.4 Å². The fourth-order valence-electron chi connectivity index (χ4n) is 2.05. The van der Waals surface area contributed by atoms with Crippen molar-refractivity contribution in [3.8, 4) is 0 Å². The number of halogens is 1. The van der Waals surface area contributed by atoms with E-state index in [9.17, 15) is 14.4 Å². The van der Waals surface area contributed by atoms with Crippen LogP contribution in [0.1, 0.15) is 19.4 Å². The van der Waals surface area contributed by atoms with Crippen LogP contribution in [-0.4, -0.2) is 44.1 Å². The molecule has 0 fully saturated rings. The van der Waals surface area contributed by atoms with Crippen LogP contribution in [0.2, 0.25) is 5.02 Å². The van der Waals surface area contributed by atoms with Gasteiger partial charge in [0.15, 0.2) is 13.1 Å². The van der Waals surface area contributed by atoms with E-state index in [-0.39, 0.29) is 25.6 Å². The van der Waals surface area contributed by atoms with Crippen LogP contribution < -0.4 is 15.5 Å². The number of benzene rings is 1. The Morgan fingerprint density at radius 2 is 1.83 bits per heavy atom. The molecule has 0 aromatic heterocycles. The van der Waals surface area contributed by atoms with E-state index in [1.807, 2.05) is 13.8 Å². The molecular weight excluding hydrogens is 334 g/mol. The third-order valence-corrected chi connectivity index (χ3v) is 3.54. The second kappa shape index (κ2) is 9.89.